The Kier molecular flexibility index (Phi) is 7.14. The topological polar surface area (TPSA) is 119 Å². The molecule has 0 aromatic heterocycles. The summed E-state index contributed by atoms with van der Waals surface area (Å²) in [7, 11) is -3.85. The smallest absolute Gasteiger partial charge is 0.271 e. The van der Waals surface area contributed by atoms with Crippen LogP contribution in [-0.2, 0) is 14.8 Å². The van der Waals surface area contributed by atoms with Crippen molar-refractivity contribution >= 4 is 38.9 Å². The second-order valence-electron chi connectivity index (χ2n) is 7.02. The highest BCUT2D eigenvalue weighted by Gasteiger charge is 2.33. The zero-order valence-corrected chi connectivity index (χ0v) is 18.4. The second kappa shape index (κ2) is 9.63. The molecule has 0 saturated carbocycles. The molecule has 0 aliphatic carbocycles. The van der Waals surface area contributed by atoms with Crippen molar-refractivity contribution in [1.82, 2.24) is 4.31 Å². The van der Waals surface area contributed by atoms with E-state index < -0.39 is 20.9 Å². The molecule has 1 fully saturated rings. The summed E-state index contributed by atoms with van der Waals surface area (Å²) in [5, 5.41) is 13.8. The number of sulfonamides is 1. The third-order valence-corrected chi connectivity index (χ3v) is 7.08. The van der Waals surface area contributed by atoms with Crippen LogP contribution in [0.5, 0.6) is 5.75 Å². The first kappa shape index (κ1) is 23.0. The molecule has 1 heterocycles. The van der Waals surface area contributed by atoms with Crippen LogP contribution in [-0.4, -0.2) is 43.2 Å². The van der Waals surface area contributed by atoms with E-state index in [0.717, 1.165) is 0 Å². The Labute approximate surface area is 185 Å². The van der Waals surface area contributed by atoms with E-state index in [9.17, 15) is 23.3 Å². The first-order chi connectivity index (χ1) is 14.7. The number of rotatable bonds is 7. The number of amides is 1. The van der Waals surface area contributed by atoms with Gasteiger partial charge in [0.2, 0.25) is 15.9 Å². The van der Waals surface area contributed by atoms with Crippen molar-refractivity contribution in [3.63, 3.8) is 0 Å². The summed E-state index contributed by atoms with van der Waals surface area (Å²) in [5.41, 5.74) is 0.149. The Hall–Kier alpha value is -2.69. The molecular weight excluding hydrogens is 446 g/mol. The van der Waals surface area contributed by atoms with Crippen molar-refractivity contribution in [3.05, 3.63) is 57.6 Å². The van der Waals surface area contributed by atoms with Gasteiger partial charge in [0.05, 0.1) is 27.4 Å². The van der Waals surface area contributed by atoms with Crippen LogP contribution in [0.2, 0.25) is 5.02 Å². The molecule has 31 heavy (non-hydrogen) atoms. The Bertz CT molecular complexity index is 1090. The van der Waals surface area contributed by atoms with Gasteiger partial charge in [0.25, 0.3) is 5.69 Å². The maximum atomic E-state index is 13.1. The normalized spacial score (nSPS) is 17.2. The Morgan fingerprint density at radius 2 is 2.10 bits per heavy atom. The molecule has 166 valence electrons. The molecule has 2 aromatic carbocycles. The van der Waals surface area contributed by atoms with E-state index in [-0.39, 0.29) is 40.3 Å². The van der Waals surface area contributed by atoms with Gasteiger partial charge in [-0.25, -0.2) is 8.42 Å². The van der Waals surface area contributed by atoms with Gasteiger partial charge in [0.15, 0.2) is 0 Å². The average Bonchev–Trinajstić information content (AvgIpc) is 2.75. The monoisotopic (exact) mass is 467 g/mol. The van der Waals surface area contributed by atoms with Crippen LogP contribution in [0.3, 0.4) is 0 Å². The van der Waals surface area contributed by atoms with Crippen molar-refractivity contribution in [1.29, 1.82) is 0 Å². The molecule has 1 amide bonds. The number of nitro groups is 1. The molecule has 1 aliphatic heterocycles. The standard InChI is InChI=1S/C20H22ClN3O6S/c1-2-30-19-9-8-17(12-18(19)21)31(28,29)23-10-4-5-14(13-23)20(25)22-15-6-3-7-16(11-15)24(26)27/h3,6-9,11-12,14H,2,4-5,10,13H2,1H3,(H,22,25)/t14-/m1/s1. The number of carbonyl (C=O) groups excluding carboxylic acids is 1. The van der Waals surface area contributed by atoms with Gasteiger partial charge >= 0.3 is 0 Å². The Balaban J connectivity index is 1.73. The highest BCUT2D eigenvalue weighted by molar-refractivity contribution is 7.89. The molecule has 1 atom stereocenters. The minimum absolute atomic E-state index is 0.00786. The lowest BCUT2D eigenvalue weighted by Gasteiger charge is -2.31. The molecular formula is C20H22ClN3O6S. The molecule has 1 aliphatic rings. The Morgan fingerprint density at radius 3 is 2.77 bits per heavy atom. The molecule has 9 nitrogen and oxygen atoms in total. The highest BCUT2D eigenvalue weighted by Crippen LogP contribution is 2.31. The third kappa shape index (κ3) is 5.33. The number of carbonyl (C=O) groups is 1. The summed E-state index contributed by atoms with van der Waals surface area (Å²) >= 11 is 6.14. The number of nitrogens with one attached hydrogen (secondary N) is 1. The van der Waals surface area contributed by atoms with Crippen LogP contribution in [0, 0.1) is 16.0 Å². The van der Waals surface area contributed by atoms with Crippen LogP contribution in [0.15, 0.2) is 47.4 Å². The fraction of sp³-hybridized carbons (Fsp3) is 0.350. The quantitative estimate of drug-likeness (QED) is 0.490. The lowest BCUT2D eigenvalue weighted by molar-refractivity contribution is -0.384. The van der Waals surface area contributed by atoms with E-state index >= 15 is 0 Å². The SMILES string of the molecule is CCOc1ccc(S(=O)(=O)N2CCC[C@@H](C(=O)Nc3cccc([N+](=O)[O-])c3)C2)cc1Cl. The predicted molar refractivity (Wildman–Crippen MR) is 116 cm³/mol. The number of hydrogen-bond donors (Lipinski definition) is 1. The average molecular weight is 468 g/mol. The maximum Gasteiger partial charge on any atom is 0.271 e. The van der Waals surface area contributed by atoms with Crippen LogP contribution in [0.1, 0.15) is 19.8 Å². The van der Waals surface area contributed by atoms with Crippen LogP contribution in [0.25, 0.3) is 0 Å². The number of benzene rings is 2. The third-order valence-electron chi connectivity index (χ3n) is 4.92. The van der Waals surface area contributed by atoms with Gasteiger partial charge < -0.3 is 10.1 Å². The highest BCUT2D eigenvalue weighted by atomic mass is 35.5. The van der Waals surface area contributed by atoms with Crippen molar-refractivity contribution in [2.75, 3.05) is 25.0 Å². The molecule has 0 spiro atoms. The fourth-order valence-corrected chi connectivity index (χ4v) is 5.23. The number of nitro benzene ring substituents is 1. The lowest BCUT2D eigenvalue weighted by atomic mass is 9.98. The van der Waals surface area contributed by atoms with Gasteiger partial charge in [0, 0.05) is 30.9 Å². The van der Waals surface area contributed by atoms with Crippen molar-refractivity contribution in [2.24, 2.45) is 5.92 Å². The summed E-state index contributed by atoms with van der Waals surface area (Å²) in [5.74, 6) is -0.568. The zero-order valence-electron chi connectivity index (χ0n) is 16.8. The fourth-order valence-electron chi connectivity index (χ4n) is 3.38. The first-order valence-corrected chi connectivity index (χ1v) is 11.5. The minimum Gasteiger partial charge on any atom is -0.492 e. The van der Waals surface area contributed by atoms with Crippen molar-refractivity contribution in [2.45, 2.75) is 24.7 Å². The summed E-state index contributed by atoms with van der Waals surface area (Å²) in [6.45, 7) is 2.49. The number of ether oxygens (including phenoxy) is 1. The van der Waals surface area contributed by atoms with Crippen molar-refractivity contribution in [3.8, 4) is 5.75 Å². The van der Waals surface area contributed by atoms with Gasteiger partial charge in [-0.3, -0.25) is 14.9 Å². The van der Waals surface area contributed by atoms with E-state index in [1.807, 2.05) is 0 Å². The van der Waals surface area contributed by atoms with Gasteiger partial charge in [-0.05, 0) is 44.0 Å². The van der Waals surface area contributed by atoms with E-state index in [0.29, 0.717) is 25.2 Å². The van der Waals surface area contributed by atoms with Gasteiger partial charge in [-0.2, -0.15) is 4.31 Å². The number of anilines is 1. The molecule has 2 aromatic rings. The van der Waals surface area contributed by atoms with E-state index in [4.69, 9.17) is 16.3 Å². The van der Waals surface area contributed by atoms with E-state index in [1.165, 1.54) is 40.7 Å². The summed E-state index contributed by atoms with van der Waals surface area (Å²) < 4.78 is 32.8. The second-order valence-corrected chi connectivity index (χ2v) is 9.37. The molecule has 1 N–H and O–H groups in total. The Morgan fingerprint density at radius 1 is 1.32 bits per heavy atom. The first-order valence-electron chi connectivity index (χ1n) is 9.70. The number of hydrogen-bond acceptors (Lipinski definition) is 6. The number of halogens is 1. The molecule has 11 heteroatoms. The minimum atomic E-state index is -3.85. The lowest BCUT2D eigenvalue weighted by Crippen LogP contribution is -2.43. The molecule has 0 radical (unpaired) electrons. The number of non-ortho nitro benzene ring substituents is 1. The number of piperidine rings is 1. The number of nitrogens with zero attached hydrogens (tertiary/aromatic N) is 2. The molecule has 3 rings (SSSR count). The van der Waals surface area contributed by atoms with Gasteiger partial charge in [-0.1, -0.05) is 17.7 Å². The molecule has 1 saturated heterocycles. The zero-order chi connectivity index (χ0) is 22.6. The van der Waals surface area contributed by atoms with Gasteiger partial charge in [0.1, 0.15) is 5.75 Å². The summed E-state index contributed by atoms with van der Waals surface area (Å²) in [6, 6.07) is 9.89. The molecule has 0 unspecified atom stereocenters. The summed E-state index contributed by atoms with van der Waals surface area (Å²) in [4.78, 5) is 23.1. The van der Waals surface area contributed by atoms with Crippen LogP contribution < -0.4 is 10.1 Å². The van der Waals surface area contributed by atoms with Crippen LogP contribution >= 0.6 is 11.6 Å². The summed E-state index contributed by atoms with van der Waals surface area (Å²) in [6.07, 6.45) is 1.02. The van der Waals surface area contributed by atoms with Crippen LogP contribution in [0.4, 0.5) is 11.4 Å². The van der Waals surface area contributed by atoms with Crippen molar-refractivity contribution < 1.29 is 22.9 Å². The predicted octanol–water partition coefficient (Wildman–Crippen LogP) is 3.69. The van der Waals surface area contributed by atoms with E-state index in [1.54, 1.807) is 13.0 Å². The van der Waals surface area contributed by atoms with E-state index in [2.05, 4.69) is 5.32 Å². The van der Waals surface area contributed by atoms with Gasteiger partial charge in [-0.15, -0.1) is 0 Å². The largest absolute Gasteiger partial charge is 0.492 e. The maximum absolute atomic E-state index is 13.1. The molecule has 0 bridgehead atoms.